The second kappa shape index (κ2) is 7.11. The van der Waals surface area contributed by atoms with E-state index in [1.165, 1.54) is 18.6 Å². The lowest BCUT2D eigenvalue weighted by Gasteiger charge is -2.28. The highest BCUT2D eigenvalue weighted by Crippen LogP contribution is 2.43. The summed E-state index contributed by atoms with van der Waals surface area (Å²) in [5.41, 5.74) is 6.17. The molecule has 0 radical (unpaired) electrons. The molecular weight excluding hydrogens is 303 g/mol. The molecule has 0 bridgehead atoms. The summed E-state index contributed by atoms with van der Waals surface area (Å²) in [6, 6.07) is 2.09. The van der Waals surface area contributed by atoms with Gasteiger partial charge < -0.3 is 10.8 Å². The molecule has 1 aromatic carbocycles. The number of rotatable bonds is 3. The number of aromatic hydroxyl groups is 1. The van der Waals surface area contributed by atoms with E-state index in [1.54, 1.807) is 0 Å². The number of halogens is 2. The lowest BCUT2D eigenvalue weighted by atomic mass is 9.81. The van der Waals surface area contributed by atoms with Crippen molar-refractivity contribution in [2.24, 2.45) is 11.7 Å². The Balaban J connectivity index is 0.00000200. The number of phenolic OH excluding ortho intramolecular Hbond substituents is 1. The van der Waals surface area contributed by atoms with Crippen LogP contribution in [-0.4, -0.2) is 10.0 Å². The Labute approximate surface area is 128 Å². The fraction of sp³-hybridized carbons (Fsp3) is 0.538. The second-order valence-electron chi connectivity index (χ2n) is 5.01. The maximum atomic E-state index is 11.1. The van der Waals surface area contributed by atoms with Crippen LogP contribution in [0.15, 0.2) is 12.1 Å². The minimum absolute atomic E-state index is 0. The van der Waals surface area contributed by atoms with Crippen molar-refractivity contribution >= 4 is 29.7 Å². The second-order valence-corrected chi connectivity index (χ2v) is 5.42. The molecule has 1 aromatic rings. The van der Waals surface area contributed by atoms with Crippen molar-refractivity contribution in [3.63, 3.8) is 0 Å². The number of hydrogen-bond donors (Lipinski definition) is 2. The standard InChI is InChI=1S/C13H17ClN2O3.ClH/c14-9-6-7-10(16(18)19)11(13(9)17)12(15)8-4-2-1-3-5-8;/h6-8,12,17H,1-5,15H2;1H/t12-;/m0./s1. The van der Waals surface area contributed by atoms with Gasteiger partial charge in [-0.15, -0.1) is 12.4 Å². The molecule has 0 saturated heterocycles. The molecular formula is C13H18Cl2N2O3. The van der Waals surface area contributed by atoms with Crippen LogP contribution in [0.2, 0.25) is 5.02 Å². The van der Waals surface area contributed by atoms with Crippen molar-refractivity contribution in [2.45, 2.75) is 38.1 Å². The predicted octanol–water partition coefficient (Wildman–Crippen LogP) is 3.96. The van der Waals surface area contributed by atoms with Crippen LogP contribution in [0, 0.1) is 16.0 Å². The van der Waals surface area contributed by atoms with Crippen molar-refractivity contribution in [3.8, 4) is 5.75 Å². The third kappa shape index (κ3) is 3.34. The topological polar surface area (TPSA) is 89.4 Å². The Kier molecular flexibility index (Phi) is 6.05. The Hall–Kier alpha value is -1.04. The third-order valence-electron chi connectivity index (χ3n) is 3.83. The minimum atomic E-state index is -0.542. The van der Waals surface area contributed by atoms with Gasteiger partial charge >= 0.3 is 0 Å². The number of nitrogens with zero attached hydrogens (tertiary/aromatic N) is 1. The van der Waals surface area contributed by atoms with E-state index in [-0.39, 0.29) is 40.3 Å². The van der Waals surface area contributed by atoms with Crippen molar-refractivity contribution in [2.75, 3.05) is 0 Å². The van der Waals surface area contributed by atoms with Crippen molar-refractivity contribution in [1.29, 1.82) is 0 Å². The number of nitrogens with two attached hydrogens (primary N) is 1. The maximum Gasteiger partial charge on any atom is 0.278 e. The minimum Gasteiger partial charge on any atom is -0.506 e. The average Bonchev–Trinajstić information content (AvgIpc) is 2.41. The van der Waals surface area contributed by atoms with Crippen LogP contribution in [0.3, 0.4) is 0 Å². The van der Waals surface area contributed by atoms with Crippen LogP contribution in [0.1, 0.15) is 43.7 Å². The molecule has 3 N–H and O–H groups in total. The predicted molar refractivity (Wildman–Crippen MR) is 80.5 cm³/mol. The zero-order valence-corrected chi connectivity index (χ0v) is 12.5. The molecule has 0 heterocycles. The molecule has 7 heteroatoms. The summed E-state index contributed by atoms with van der Waals surface area (Å²) in [4.78, 5) is 10.5. The van der Waals surface area contributed by atoms with Crippen molar-refractivity contribution in [3.05, 3.63) is 32.8 Å². The van der Waals surface area contributed by atoms with Crippen molar-refractivity contribution in [1.82, 2.24) is 0 Å². The summed E-state index contributed by atoms with van der Waals surface area (Å²) in [6.07, 6.45) is 5.20. The summed E-state index contributed by atoms with van der Waals surface area (Å²) in [7, 11) is 0. The summed E-state index contributed by atoms with van der Waals surface area (Å²) in [5.74, 6) is -0.0919. The molecule has 0 unspecified atom stereocenters. The van der Waals surface area contributed by atoms with Gasteiger partial charge in [-0.1, -0.05) is 30.9 Å². The van der Waals surface area contributed by atoms with Gasteiger partial charge in [0.15, 0.2) is 0 Å². The SMILES string of the molecule is Cl.N[C@H](c1c([N+](=O)[O-])ccc(Cl)c1O)C1CCCCC1. The summed E-state index contributed by atoms with van der Waals surface area (Å²) >= 11 is 5.85. The van der Waals surface area contributed by atoms with E-state index in [0.717, 1.165) is 25.7 Å². The number of hydrogen-bond acceptors (Lipinski definition) is 4. The fourth-order valence-electron chi connectivity index (χ4n) is 2.79. The molecule has 112 valence electrons. The molecule has 1 aliphatic carbocycles. The highest BCUT2D eigenvalue weighted by Gasteiger charge is 2.31. The number of nitro groups is 1. The van der Waals surface area contributed by atoms with E-state index < -0.39 is 11.0 Å². The highest BCUT2D eigenvalue weighted by molar-refractivity contribution is 6.32. The lowest BCUT2D eigenvalue weighted by molar-refractivity contribution is -0.385. The van der Waals surface area contributed by atoms with Gasteiger partial charge in [0.2, 0.25) is 0 Å². The van der Waals surface area contributed by atoms with Gasteiger partial charge in [-0.25, -0.2) is 0 Å². The molecule has 0 aliphatic heterocycles. The van der Waals surface area contributed by atoms with E-state index in [1.807, 2.05) is 0 Å². The smallest absolute Gasteiger partial charge is 0.278 e. The molecule has 2 rings (SSSR count). The third-order valence-corrected chi connectivity index (χ3v) is 4.14. The van der Waals surface area contributed by atoms with E-state index in [2.05, 4.69) is 0 Å². The first-order chi connectivity index (χ1) is 9.02. The van der Waals surface area contributed by atoms with E-state index in [9.17, 15) is 15.2 Å². The van der Waals surface area contributed by atoms with Gasteiger partial charge in [-0.3, -0.25) is 10.1 Å². The van der Waals surface area contributed by atoms with E-state index in [4.69, 9.17) is 17.3 Å². The molecule has 5 nitrogen and oxygen atoms in total. The monoisotopic (exact) mass is 320 g/mol. The first-order valence-corrected chi connectivity index (χ1v) is 6.81. The zero-order chi connectivity index (χ0) is 14.0. The van der Waals surface area contributed by atoms with Gasteiger partial charge in [0.25, 0.3) is 5.69 Å². The quantitative estimate of drug-likeness (QED) is 0.651. The number of nitro benzene ring substituents is 1. The molecule has 1 fully saturated rings. The van der Waals surface area contributed by atoms with Gasteiger partial charge in [-0.2, -0.15) is 0 Å². The summed E-state index contributed by atoms with van der Waals surface area (Å²) in [6.45, 7) is 0. The fourth-order valence-corrected chi connectivity index (χ4v) is 2.95. The van der Waals surface area contributed by atoms with Crippen LogP contribution in [0.4, 0.5) is 5.69 Å². The molecule has 0 aromatic heterocycles. The van der Waals surface area contributed by atoms with Crippen LogP contribution in [0.25, 0.3) is 0 Å². The van der Waals surface area contributed by atoms with Gasteiger partial charge in [0.05, 0.1) is 15.5 Å². The zero-order valence-electron chi connectivity index (χ0n) is 10.9. The van der Waals surface area contributed by atoms with Crippen LogP contribution in [0.5, 0.6) is 5.75 Å². The molecule has 1 aliphatic rings. The van der Waals surface area contributed by atoms with Crippen LogP contribution >= 0.6 is 24.0 Å². The Morgan fingerprint density at radius 2 is 1.95 bits per heavy atom. The average molecular weight is 321 g/mol. The molecule has 0 spiro atoms. The Morgan fingerprint density at radius 1 is 1.35 bits per heavy atom. The summed E-state index contributed by atoms with van der Waals surface area (Å²) in [5, 5.41) is 21.2. The lowest BCUT2D eigenvalue weighted by Crippen LogP contribution is -2.24. The van der Waals surface area contributed by atoms with Crippen molar-refractivity contribution < 1.29 is 10.0 Å². The molecule has 0 amide bonds. The van der Waals surface area contributed by atoms with Crippen LogP contribution < -0.4 is 5.73 Å². The maximum absolute atomic E-state index is 11.1. The molecule has 1 saturated carbocycles. The number of benzene rings is 1. The first-order valence-electron chi connectivity index (χ1n) is 6.43. The highest BCUT2D eigenvalue weighted by atomic mass is 35.5. The van der Waals surface area contributed by atoms with Gasteiger partial charge in [0.1, 0.15) is 5.75 Å². The summed E-state index contributed by atoms with van der Waals surface area (Å²) < 4.78 is 0. The largest absolute Gasteiger partial charge is 0.506 e. The van der Waals surface area contributed by atoms with E-state index >= 15 is 0 Å². The molecule has 20 heavy (non-hydrogen) atoms. The van der Waals surface area contributed by atoms with Gasteiger partial charge in [0, 0.05) is 12.1 Å². The Morgan fingerprint density at radius 3 is 2.50 bits per heavy atom. The first kappa shape index (κ1) is 17.0. The van der Waals surface area contributed by atoms with E-state index in [0.29, 0.717) is 0 Å². The normalized spacial score (nSPS) is 17.3. The Bertz CT molecular complexity index is 491. The number of phenols is 1. The van der Waals surface area contributed by atoms with Crippen LogP contribution in [-0.2, 0) is 0 Å². The molecule has 1 atom stereocenters. The van der Waals surface area contributed by atoms with Gasteiger partial charge in [-0.05, 0) is 24.8 Å².